The van der Waals surface area contributed by atoms with Gasteiger partial charge in [0, 0.05) is 16.6 Å². The van der Waals surface area contributed by atoms with E-state index in [9.17, 15) is 19.2 Å². The van der Waals surface area contributed by atoms with Crippen molar-refractivity contribution in [1.29, 1.82) is 0 Å². The summed E-state index contributed by atoms with van der Waals surface area (Å²) in [5.74, 6) is -3.47. The third kappa shape index (κ3) is 3.70. The summed E-state index contributed by atoms with van der Waals surface area (Å²) in [5.41, 5.74) is 2.09. The summed E-state index contributed by atoms with van der Waals surface area (Å²) in [6.45, 7) is 3.77. The highest BCUT2D eigenvalue weighted by Crippen LogP contribution is 2.55. The highest BCUT2D eigenvalue weighted by Gasteiger charge is 2.70. The van der Waals surface area contributed by atoms with Gasteiger partial charge in [-0.15, -0.1) is 0 Å². The second kappa shape index (κ2) is 9.32. The lowest BCUT2D eigenvalue weighted by Gasteiger charge is -2.29. The second-order valence-corrected chi connectivity index (χ2v) is 10.5. The predicted octanol–water partition coefficient (Wildman–Crippen LogP) is 3.99. The lowest BCUT2D eigenvalue weighted by molar-refractivity contribution is -0.130. The molecule has 0 radical (unpaired) electrons. The first-order chi connectivity index (χ1) is 18.8. The Balaban J connectivity index is 1.45. The van der Waals surface area contributed by atoms with Crippen molar-refractivity contribution in [3.8, 4) is 0 Å². The third-order valence-corrected chi connectivity index (χ3v) is 8.43. The van der Waals surface area contributed by atoms with Crippen LogP contribution in [0.15, 0.2) is 66.7 Å². The molecule has 3 heterocycles. The minimum atomic E-state index is -1.43. The van der Waals surface area contributed by atoms with E-state index in [0.29, 0.717) is 39.5 Å². The molecule has 0 bridgehead atoms. The fraction of sp³-hybridized carbons (Fsp3) is 0.267. The minimum absolute atomic E-state index is 0.235. The Hall–Kier alpha value is -4.01. The topological polar surface area (TPSA) is 105 Å². The number of hydrogen-bond donors (Lipinski definition) is 2. The highest BCUT2D eigenvalue weighted by atomic mass is 35.5. The maximum atomic E-state index is 14.2. The van der Waals surface area contributed by atoms with Gasteiger partial charge in [-0.3, -0.25) is 19.7 Å². The summed E-state index contributed by atoms with van der Waals surface area (Å²) in [4.78, 5) is 55.2. The molecule has 1 spiro atoms. The summed E-state index contributed by atoms with van der Waals surface area (Å²) in [6.07, 6.45) is 0.452. The number of nitrogens with zero attached hydrogens (tertiary/aromatic N) is 1. The van der Waals surface area contributed by atoms with E-state index in [4.69, 9.17) is 16.3 Å². The molecule has 3 aliphatic rings. The zero-order chi connectivity index (χ0) is 27.5. The fourth-order valence-electron chi connectivity index (χ4n) is 6.25. The molecular formula is C30H26ClN3O5. The number of benzene rings is 3. The molecule has 2 saturated heterocycles. The molecule has 3 aromatic carbocycles. The van der Waals surface area contributed by atoms with Crippen LogP contribution in [0.3, 0.4) is 0 Å². The Morgan fingerprint density at radius 1 is 1.00 bits per heavy atom. The maximum Gasteiger partial charge on any atom is 0.338 e. The molecule has 0 saturated carbocycles. The smallest absolute Gasteiger partial charge is 0.338 e. The standard InChI is InChI=1S/C30H26ClN3O5/c1-3-39-28(37)18-9-11-19(12-10-18)34-26(35)23-22(15-17-7-5-4-6-8-17)33-30(24(23)27(34)36)20-13-14-21(31)16(2)25(20)32-29(30)38/h4-14,22-24,33H,3,15H2,1-2H3,(H,32,38)/t22-,23-,24-,30-/m0/s1. The van der Waals surface area contributed by atoms with E-state index in [1.807, 2.05) is 37.3 Å². The number of ether oxygens (including phenoxy) is 1. The first kappa shape index (κ1) is 25.3. The zero-order valence-corrected chi connectivity index (χ0v) is 22.1. The Labute approximate surface area is 230 Å². The summed E-state index contributed by atoms with van der Waals surface area (Å²) >= 11 is 6.36. The molecule has 2 N–H and O–H groups in total. The number of nitrogens with one attached hydrogen (secondary N) is 2. The molecular weight excluding hydrogens is 518 g/mol. The van der Waals surface area contributed by atoms with Gasteiger partial charge < -0.3 is 10.1 Å². The normalized spacial score (nSPS) is 25.2. The average molecular weight is 544 g/mol. The Bertz CT molecular complexity index is 1520. The van der Waals surface area contributed by atoms with E-state index in [1.165, 1.54) is 12.1 Å². The predicted molar refractivity (Wildman–Crippen MR) is 145 cm³/mol. The second-order valence-electron chi connectivity index (χ2n) is 10.1. The largest absolute Gasteiger partial charge is 0.462 e. The highest BCUT2D eigenvalue weighted by molar-refractivity contribution is 6.32. The molecule has 0 aliphatic carbocycles. The van der Waals surface area contributed by atoms with Crippen LogP contribution in [0.4, 0.5) is 11.4 Å². The molecule has 0 aromatic heterocycles. The molecule has 4 atom stereocenters. The number of hydrogen-bond acceptors (Lipinski definition) is 6. The summed E-state index contributed by atoms with van der Waals surface area (Å²) < 4.78 is 5.04. The number of anilines is 2. The fourth-order valence-corrected chi connectivity index (χ4v) is 6.41. The molecule has 3 amide bonds. The summed E-state index contributed by atoms with van der Waals surface area (Å²) in [7, 11) is 0. The van der Waals surface area contributed by atoms with Crippen molar-refractivity contribution in [3.63, 3.8) is 0 Å². The van der Waals surface area contributed by atoms with E-state index < -0.39 is 35.3 Å². The van der Waals surface area contributed by atoms with Crippen molar-refractivity contribution < 1.29 is 23.9 Å². The van der Waals surface area contributed by atoms with Crippen molar-refractivity contribution in [2.24, 2.45) is 11.8 Å². The molecule has 3 aliphatic heterocycles. The van der Waals surface area contributed by atoms with Crippen LogP contribution in [-0.2, 0) is 31.1 Å². The van der Waals surface area contributed by atoms with Crippen LogP contribution in [0.1, 0.15) is 34.0 Å². The van der Waals surface area contributed by atoms with Crippen LogP contribution in [0.5, 0.6) is 0 Å². The SMILES string of the molecule is CCOC(=O)c1ccc(N2C(=O)[C@H]3[C@H](Cc4ccccc4)N[C@]4(C(=O)Nc5c4ccc(Cl)c5C)[C@@H]3C2=O)cc1. The van der Waals surface area contributed by atoms with Gasteiger partial charge in [-0.25, -0.2) is 9.69 Å². The van der Waals surface area contributed by atoms with Gasteiger partial charge in [0.05, 0.1) is 35.4 Å². The van der Waals surface area contributed by atoms with Gasteiger partial charge in [0.1, 0.15) is 5.54 Å². The van der Waals surface area contributed by atoms with E-state index in [2.05, 4.69) is 10.6 Å². The van der Waals surface area contributed by atoms with Crippen LogP contribution in [-0.4, -0.2) is 36.3 Å². The molecule has 8 nitrogen and oxygen atoms in total. The maximum absolute atomic E-state index is 14.2. The average Bonchev–Trinajstić information content (AvgIpc) is 3.51. The van der Waals surface area contributed by atoms with Crippen LogP contribution in [0.25, 0.3) is 0 Å². The van der Waals surface area contributed by atoms with E-state index >= 15 is 0 Å². The van der Waals surface area contributed by atoms with E-state index in [1.54, 1.807) is 31.2 Å². The van der Waals surface area contributed by atoms with Crippen LogP contribution < -0.4 is 15.5 Å². The summed E-state index contributed by atoms with van der Waals surface area (Å²) in [5, 5.41) is 6.89. The molecule has 39 heavy (non-hydrogen) atoms. The van der Waals surface area contributed by atoms with Crippen molar-refractivity contribution in [2.75, 3.05) is 16.8 Å². The monoisotopic (exact) mass is 543 g/mol. The van der Waals surface area contributed by atoms with Crippen molar-refractivity contribution in [1.82, 2.24) is 5.32 Å². The van der Waals surface area contributed by atoms with E-state index in [0.717, 1.165) is 10.5 Å². The first-order valence-electron chi connectivity index (χ1n) is 12.9. The number of rotatable bonds is 5. The quantitative estimate of drug-likeness (QED) is 0.372. The minimum Gasteiger partial charge on any atom is -0.462 e. The van der Waals surface area contributed by atoms with Gasteiger partial charge in [-0.1, -0.05) is 48.0 Å². The lowest BCUT2D eigenvalue weighted by Crippen LogP contribution is -2.53. The Morgan fingerprint density at radius 3 is 2.41 bits per heavy atom. The molecule has 9 heteroatoms. The van der Waals surface area contributed by atoms with Crippen LogP contribution >= 0.6 is 11.6 Å². The molecule has 3 aromatic rings. The lowest BCUT2D eigenvalue weighted by atomic mass is 9.76. The zero-order valence-electron chi connectivity index (χ0n) is 21.4. The molecule has 2 fully saturated rings. The third-order valence-electron chi connectivity index (χ3n) is 8.02. The van der Waals surface area contributed by atoms with Gasteiger partial charge in [0.2, 0.25) is 17.7 Å². The molecule has 0 unspecified atom stereocenters. The molecule has 198 valence electrons. The number of carbonyl (C=O) groups is 4. The van der Waals surface area contributed by atoms with Gasteiger partial charge in [0.15, 0.2) is 0 Å². The van der Waals surface area contributed by atoms with E-state index in [-0.39, 0.29) is 18.4 Å². The number of halogens is 1. The van der Waals surface area contributed by atoms with Gasteiger partial charge in [0.25, 0.3) is 0 Å². The number of imide groups is 1. The number of carbonyl (C=O) groups excluding carboxylic acids is 4. The number of esters is 1. The van der Waals surface area contributed by atoms with Crippen LogP contribution in [0.2, 0.25) is 5.02 Å². The Morgan fingerprint density at radius 2 is 1.72 bits per heavy atom. The molecule has 6 rings (SSSR count). The summed E-state index contributed by atoms with van der Waals surface area (Å²) in [6, 6.07) is 18.8. The Kier molecular flexibility index (Phi) is 6.04. The number of fused-ring (bicyclic) bond motifs is 4. The van der Waals surface area contributed by atoms with Crippen molar-refractivity contribution in [2.45, 2.75) is 31.8 Å². The van der Waals surface area contributed by atoms with Crippen molar-refractivity contribution in [3.05, 3.63) is 94.0 Å². The van der Waals surface area contributed by atoms with Gasteiger partial charge >= 0.3 is 5.97 Å². The van der Waals surface area contributed by atoms with Crippen molar-refractivity contribution >= 4 is 46.7 Å². The first-order valence-corrected chi connectivity index (χ1v) is 13.2. The van der Waals surface area contributed by atoms with Gasteiger partial charge in [-0.2, -0.15) is 0 Å². The van der Waals surface area contributed by atoms with Gasteiger partial charge in [-0.05, 0) is 61.7 Å². The van der Waals surface area contributed by atoms with Crippen LogP contribution in [0, 0.1) is 18.8 Å². The number of amides is 3.